The smallest absolute Gasteiger partial charge is 0.306 e. The summed E-state index contributed by atoms with van der Waals surface area (Å²) in [6.07, 6.45) is -0.0967. The first-order chi connectivity index (χ1) is 11.6. The molecule has 0 radical (unpaired) electrons. The lowest BCUT2D eigenvalue weighted by Gasteiger charge is -2.05. The molecule has 7 heteroatoms. The molecule has 124 valence electrons. The van der Waals surface area contributed by atoms with Crippen molar-refractivity contribution >= 4 is 34.9 Å². The van der Waals surface area contributed by atoms with E-state index in [9.17, 15) is 19.2 Å². The Morgan fingerprint density at radius 2 is 1.71 bits per heavy atom. The number of ketones is 1. The normalized spacial score (nSPS) is 10.0. The maximum absolute atomic E-state index is 11.7. The minimum Gasteiger partial charge on any atom is -0.456 e. The molecule has 2 amide bonds. The fourth-order valence-corrected chi connectivity index (χ4v) is 2.51. The first-order valence-corrected chi connectivity index (χ1v) is 8.06. The van der Waals surface area contributed by atoms with Crippen LogP contribution in [-0.4, -0.2) is 30.2 Å². The lowest BCUT2D eigenvalue weighted by atomic mass is 10.2. The molecule has 0 aliphatic carbocycles. The Kier molecular flexibility index (Phi) is 6.39. The first-order valence-electron chi connectivity index (χ1n) is 7.18. The highest BCUT2D eigenvalue weighted by atomic mass is 32.1. The summed E-state index contributed by atoms with van der Waals surface area (Å²) in [7, 11) is 0. The Morgan fingerprint density at radius 3 is 2.38 bits per heavy atom. The molecule has 0 spiro atoms. The van der Waals surface area contributed by atoms with Gasteiger partial charge in [0.15, 0.2) is 12.4 Å². The Labute approximate surface area is 142 Å². The van der Waals surface area contributed by atoms with Crippen molar-refractivity contribution in [2.75, 3.05) is 6.61 Å². The van der Waals surface area contributed by atoms with Crippen LogP contribution in [0.25, 0.3) is 0 Å². The van der Waals surface area contributed by atoms with Gasteiger partial charge in [0.05, 0.1) is 11.3 Å². The fourth-order valence-electron chi connectivity index (χ4n) is 1.82. The third-order valence-electron chi connectivity index (χ3n) is 3.01. The van der Waals surface area contributed by atoms with Gasteiger partial charge in [0.25, 0.3) is 11.8 Å². The van der Waals surface area contributed by atoms with Gasteiger partial charge in [-0.05, 0) is 23.6 Å². The molecule has 1 aromatic carbocycles. The lowest BCUT2D eigenvalue weighted by Crippen LogP contribution is -2.34. The van der Waals surface area contributed by atoms with Gasteiger partial charge in [-0.3, -0.25) is 24.5 Å². The van der Waals surface area contributed by atoms with E-state index in [1.165, 1.54) is 11.3 Å². The van der Waals surface area contributed by atoms with Crippen molar-refractivity contribution in [2.24, 2.45) is 0 Å². The van der Waals surface area contributed by atoms with E-state index in [2.05, 4.69) is 5.32 Å². The summed E-state index contributed by atoms with van der Waals surface area (Å²) in [6, 6.07) is 11.6. The van der Waals surface area contributed by atoms with E-state index >= 15 is 0 Å². The zero-order valence-electron chi connectivity index (χ0n) is 12.7. The Hall–Kier alpha value is -2.80. The zero-order valence-corrected chi connectivity index (χ0v) is 13.5. The van der Waals surface area contributed by atoms with E-state index in [-0.39, 0.29) is 18.6 Å². The summed E-state index contributed by atoms with van der Waals surface area (Å²) in [5.41, 5.74) is 0.332. The number of carbonyl (C=O) groups is 4. The van der Waals surface area contributed by atoms with Crippen molar-refractivity contribution in [3.05, 3.63) is 58.3 Å². The number of Topliss-reactive ketones (excluding diaryl/α,β-unsaturated/α-hetero) is 1. The van der Waals surface area contributed by atoms with E-state index in [1.807, 2.05) is 0 Å². The fraction of sp³-hybridized carbons (Fsp3) is 0.176. The highest BCUT2D eigenvalue weighted by molar-refractivity contribution is 7.12. The van der Waals surface area contributed by atoms with Gasteiger partial charge in [-0.1, -0.05) is 24.3 Å². The SMILES string of the molecule is O=C(COC(=O)CCC(=O)c1cccs1)NC(=O)c1ccccc1. The number of imide groups is 1. The Bertz CT molecular complexity index is 725. The largest absolute Gasteiger partial charge is 0.456 e. The molecule has 0 saturated carbocycles. The third-order valence-corrected chi connectivity index (χ3v) is 3.92. The van der Waals surface area contributed by atoms with E-state index in [1.54, 1.807) is 47.8 Å². The monoisotopic (exact) mass is 345 g/mol. The second-order valence-electron chi connectivity index (χ2n) is 4.80. The molecule has 2 aromatic rings. The van der Waals surface area contributed by atoms with Gasteiger partial charge in [0, 0.05) is 12.0 Å². The van der Waals surface area contributed by atoms with Crippen molar-refractivity contribution in [1.82, 2.24) is 5.32 Å². The van der Waals surface area contributed by atoms with Crippen LogP contribution in [0.5, 0.6) is 0 Å². The second-order valence-corrected chi connectivity index (χ2v) is 5.75. The van der Waals surface area contributed by atoms with E-state index in [0.29, 0.717) is 10.4 Å². The molecule has 0 unspecified atom stereocenters. The Balaban J connectivity index is 1.68. The molecule has 0 saturated heterocycles. The maximum Gasteiger partial charge on any atom is 0.306 e. The van der Waals surface area contributed by atoms with Crippen molar-refractivity contribution in [1.29, 1.82) is 0 Å². The summed E-state index contributed by atoms with van der Waals surface area (Å²) >= 11 is 1.30. The van der Waals surface area contributed by atoms with Crippen molar-refractivity contribution in [3.8, 4) is 0 Å². The molecule has 0 aliphatic rings. The summed E-state index contributed by atoms with van der Waals surface area (Å²) < 4.78 is 4.76. The van der Waals surface area contributed by atoms with Gasteiger partial charge in [0.2, 0.25) is 0 Å². The number of amides is 2. The maximum atomic E-state index is 11.7. The molecule has 24 heavy (non-hydrogen) atoms. The quantitative estimate of drug-likeness (QED) is 0.614. The van der Waals surface area contributed by atoms with Crippen LogP contribution in [0.2, 0.25) is 0 Å². The molecule has 0 bridgehead atoms. The third kappa shape index (κ3) is 5.44. The van der Waals surface area contributed by atoms with Crippen LogP contribution < -0.4 is 5.32 Å². The number of rotatable bonds is 7. The number of benzene rings is 1. The molecular weight excluding hydrogens is 330 g/mol. The predicted octanol–water partition coefficient (Wildman–Crippen LogP) is 2.21. The molecule has 2 rings (SSSR count). The standard InChI is InChI=1S/C17H15NO5S/c19-13(14-7-4-10-24-14)8-9-16(21)23-11-15(20)18-17(22)12-5-2-1-3-6-12/h1-7,10H,8-9,11H2,(H,18,20,22). The summed E-state index contributed by atoms with van der Waals surface area (Å²) in [5.74, 6) is -2.10. The minimum atomic E-state index is -0.721. The van der Waals surface area contributed by atoms with Crippen LogP contribution >= 0.6 is 11.3 Å². The van der Waals surface area contributed by atoms with Crippen molar-refractivity contribution in [2.45, 2.75) is 12.8 Å². The van der Waals surface area contributed by atoms with Crippen LogP contribution in [0.15, 0.2) is 47.8 Å². The van der Waals surface area contributed by atoms with Crippen LogP contribution in [0.3, 0.4) is 0 Å². The summed E-state index contributed by atoms with van der Waals surface area (Å²) in [5, 5.41) is 3.90. The van der Waals surface area contributed by atoms with Gasteiger partial charge in [0.1, 0.15) is 0 Å². The van der Waals surface area contributed by atoms with Gasteiger partial charge in [-0.15, -0.1) is 11.3 Å². The highest BCUT2D eigenvalue weighted by Gasteiger charge is 2.14. The average molecular weight is 345 g/mol. The number of esters is 1. The average Bonchev–Trinajstić information content (AvgIpc) is 3.13. The second kappa shape index (κ2) is 8.73. The van der Waals surface area contributed by atoms with E-state index in [4.69, 9.17) is 4.74 Å². The minimum absolute atomic E-state index is 0.0178. The number of carbonyl (C=O) groups excluding carboxylic acids is 4. The van der Waals surface area contributed by atoms with Crippen LogP contribution in [0.4, 0.5) is 0 Å². The van der Waals surface area contributed by atoms with Crippen molar-refractivity contribution < 1.29 is 23.9 Å². The number of nitrogens with one attached hydrogen (secondary N) is 1. The molecule has 1 aromatic heterocycles. The molecular formula is C17H15NO5S. The zero-order chi connectivity index (χ0) is 17.4. The van der Waals surface area contributed by atoms with Crippen molar-refractivity contribution in [3.63, 3.8) is 0 Å². The molecule has 0 aliphatic heterocycles. The lowest BCUT2D eigenvalue weighted by molar-refractivity contribution is -0.148. The van der Waals surface area contributed by atoms with E-state index < -0.39 is 24.4 Å². The van der Waals surface area contributed by atoms with Gasteiger partial charge in [-0.25, -0.2) is 0 Å². The molecule has 0 fully saturated rings. The number of ether oxygens (including phenoxy) is 1. The van der Waals surface area contributed by atoms with Gasteiger partial charge >= 0.3 is 5.97 Å². The summed E-state index contributed by atoms with van der Waals surface area (Å²) in [4.78, 5) is 47.2. The highest BCUT2D eigenvalue weighted by Crippen LogP contribution is 2.12. The topological polar surface area (TPSA) is 89.5 Å². The first kappa shape index (κ1) is 17.6. The van der Waals surface area contributed by atoms with Gasteiger partial charge in [-0.2, -0.15) is 0 Å². The van der Waals surface area contributed by atoms with Crippen LogP contribution in [-0.2, 0) is 14.3 Å². The van der Waals surface area contributed by atoms with Gasteiger partial charge < -0.3 is 4.74 Å². The van der Waals surface area contributed by atoms with Crippen LogP contribution in [0.1, 0.15) is 32.9 Å². The van der Waals surface area contributed by atoms with Crippen LogP contribution in [0, 0.1) is 0 Å². The molecule has 6 nitrogen and oxygen atoms in total. The number of thiophene rings is 1. The number of hydrogen-bond acceptors (Lipinski definition) is 6. The van der Waals surface area contributed by atoms with E-state index in [0.717, 1.165) is 0 Å². The molecule has 1 heterocycles. The molecule has 0 atom stereocenters. The molecule has 1 N–H and O–H groups in total. The Morgan fingerprint density at radius 1 is 0.958 bits per heavy atom. The summed E-state index contributed by atoms with van der Waals surface area (Å²) in [6.45, 7) is -0.565. The predicted molar refractivity (Wildman–Crippen MR) is 87.8 cm³/mol. The number of hydrogen-bond donors (Lipinski definition) is 1.